The zero-order valence-corrected chi connectivity index (χ0v) is 20.9. The summed E-state index contributed by atoms with van der Waals surface area (Å²) in [4.78, 5) is 2.61. The Balaban J connectivity index is 1.39. The highest BCUT2D eigenvalue weighted by Gasteiger charge is 2.37. The molecule has 2 fully saturated rings. The molecule has 1 saturated heterocycles. The summed E-state index contributed by atoms with van der Waals surface area (Å²) in [6, 6.07) is 13.1. The summed E-state index contributed by atoms with van der Waals surface area (Å²) in [5.41, 5.74) is 1.33. The second-order valence-corrected chi connectivity index (χ2v) is 11.2. The lowest BCUT2D eigenvalue weighted by Crippen LogP contribution is -2.51. The summed E-state index contributed by atoms with van der Waals surface area (Å²) in [6.07, 6.45) is 6.22. The Bertz CT molecular complexity index is 1040. The predicted octanol–water partition coefficient (Wildman–Crippen LogP) is 4.51. The van der Waals surface area contributed by atoms with Gasteiger partial charge in [0.15, 0.2) is 0 Å². The zero-order chi connectivity index (χ0) is 23.4. The van der Waals surface area contributed by atoms with Gasteiger partial charge in [-0.2, -0.15) is 0 Å². The summed E-state index contributed by atoms with van der Waals surface area (Å²) in [5.74, 6) is 1.46. The van der Waals surface area contributed by atoms with Crippen LogP contribution in [0.5, 0.6) is 11.5 Å². The van der Waals surface area contributed by atoms with Crippen LogP contribution in [0.25, 0.3) is 0 Å². The molecule has 2 atom stereocenters. The summed E-state index contributed by atoms with van der Waals surface area (Å²) >= 11 is 6.01. The lowest BCUT2D eigenvalue weighted by atomic mass is 9.89. The second kappa shape index (κ2) is 10.6. The van der Waals surface area contributed by atoms with Crippen LogP contribution in [0.3, 0.4) is 0 Å². The van der Waals surface area contributed by atoms with E-state index in [4.69, 9.17) is 21.1 Å². The highest BCUT2D eigenvalue weighted by atomic mass is 35.5. The van der Waals surface area contributed by atoms with Crippen LogP contribution >= 0.6 is 11.6 Å². The van der Waals surface area contributed by atoms with E-state index in [1.165, 1.54) is 25.8 Å². The van der Waals surface area contributed by atoms with E-state index in [1.807, 2.05) is 12.1 Å². The van der Waals surface area contributed by atoms with Crippen LogP contribution < -0.4 is 14.2 Å². The van der Waals surface area contributed by atoms with Crippen LogP contribution in [0.4, 0.5) is 0 Å². The smallest absolute Gasteiger partial charge is 0.244 e. The molecule has 1 heterocycles. The van der Waals surface area contributed by atoms with Crippen molar-refractivity contribution in [3.63, 3.8) is 0 Å². The molecule has 6 nitrogen and oxygen atoms in total. The van der Waals surface area contributed by atoms with Crippen molar-refractivity contribution in [3.8, 4) is 11.5 Å². The van der Waals surface area contributed by atoms with Crippen LogP contribution in [0.15, 0.2) is 47.4 Å². The molecule has 1 aliphatic heterocycles. The Morgan fingerprint density at radius 3 is 2.39 bits per heavy atom. The molecule has 0 aromatic heterocycles. The maximum Gasteiger partial charge on any atom is 0.244 e. The van der Waals surface area contributed by atoms with Gasteiger partial charge >= 0.3 is 0 Å². The highest BCUT2D eigenvalue weighted by molar-refractivity contribution is 7.89. The van der Waals surface area contributed by atoms with Crippen molar-refractivity contribution >= 4 is 21.6 Å². The molecule has 8 heteroatoms. The average molecular weight is 493 g/mol. The first-order valence-electron chi connectivity index (χ1n) is 11.6. The minimum absolute atomic E-state index is 0.0984. The lowest BCUT2D eigenvalue weighted by Gasteiger charge is -2.38. The minimum Gasteiger partial charge on any atom is -0.497 e. The standard InChI is InChI=1S/C25H33ClN2O4S/c1-31-21-10-11-24(32-2)25(17-21)33(29,30)27-22-4-3-5-23(22)28-14-12-19(13-15-28)16-18-6-8-20(26)9-7-18/h6-11,17,19,22-23,27H,3-5,12-16H2,1-2H3/t22-,23-/m1/s1. The number of piperidine rings is 1. The van der Waals surface area contributed by atoms with Crippen molar-refractivity contribution in [1.29, 1.82) is 0 Å². The van der Waals surface area contributed by atoms with Crippen LogP contribution in [-0.4, -0.2) is 52.7 Å². The quantitative estimate of drug-likeness (QED) is 0.587. The van der Waals surface area contributed by atoms with Gasteiger partial charge in [0, 0.05) is 23.2 Å². The van der Waals surface area contributed by atoms with Gasteiger partial charge in [0.05, 0.1) is 14.2 Å². The van der Waals surface area contributed by atoms with Crippen molar-refractivity contribution in [1.82, 2.24) is 9.62 Å². The van der Waals surface area contributed by atoms with Crippen molar-refractivity contribution < 1.29 is 17.9 Å². The largest absolute Gasteiger partial charge is 0.497 e. The maximum atomic E-state index is 13.3. The third-order valence-electron chi connectivity index (χ3n) is 7.00. The molecule has 0 unspecified atom stereocenters. The fourth-order valence-electron chi connectivity index (χ4n) is 5.21. The molecule has 0 bridgehead atoms. The van der Waals surface area contributed by atoms with E-state index in [-0.39, 0.29) is 17.0 Å². The summed E-state index contributed by atoms with van der Waals surface area (Å²) in [5, 5.41) is 0.773. The van der Waals surface area contributed by atoms with Gasteiger partial charge in [0.2, 0.25) is 10.0 Å². The SMILES string of the molecule is COc1ccc(OC)c(S(=O)(=O)N[C@@H]2CCC[C@H]2N2CCC(Cc3ccc(Cl)cc3)CC2)c1. The third-order valence-corrected chi connectivity index (χ3v) is 8.77. The van der Waals surface area contributed by atoms with E-state index in [0.29, 0.717) is 17.4 Å². The molecule has 0 radical (unpaired) electrons. The molecule has 1 saturated carbocycles. The number of likely N-dealkylation sites (tertiary alicyclic amines) is 1. The molecule has 180 valence electrons. The Morgan fingerprint density at radius 1 is 1.00 bits per heavy atom. The van der Waals surface area contributed by atoms with Gasteiger partial charge in [0.25, 0.3) is 0 Å². The van der Waals surface area contributed by atoms with Crippen molar-refractivity contribution in [3.05, 3.63) is 53.1 Å². The van der Waals surface area contributed by atoms with Crippen LogP contribution in [0.1, 0.15) is 37.7 Å². The first-order chi connectivity index (χ1) is 15.9. The molecule has 1 aliphatic carbocycles. The van der Waals surface area contributed by atoms with E-state index in [0.717, 1.165) is 56.6 Å². The van der Waals surface area contributed by atoms with Gasteiger partial charge < -0.3 is 9.47 Å². The molecule has 2 aliphatic rings. The predicted molar refractivity (Wildman–Crippen MR) is 131 cm³/mol. The molecule has 0 spiro atoms. The first-order valence-corrected chi connectivity index (χ1v) is 13.5. The molecule has 2 aromatic rings. The van der Waals surface area contributed by atoms with Gasteiger partial charge in [-0.3, -0.25) is 4.90 Å². The summed E-state index contributed by atoms with van der Waals surface area (Å²) < 4.78 is 40.1. The normalized spacial score (nSPS) is 22.4. The number of hydrogen-bond donors (Lipinski definition) is 1. The van der Waals surface area contributed by atoms with Gasteiger partial charge in [-0.25, -0.2) is 13.1 Å². The van der Waals surface area contributed by atoms with E-state index < -0.39 is 10.0 Å². The molecular formula is C25H33ClN2O4S. The first kappa shape index (κ1) is 24.3. The van der Waals surface area contributed by atoms with Gasteiger partial charge in [-0.05, 0) is 80.9 Å². The van der Waals surface area contributed by atoms with Gasteiger partial charge in [-0.15, -0.1) is 0 Å². The number of nitrogens with one attached hydrogen (secondary N) is 1. The Hall–Kier alpha value is -1.80. The van der Waals surface area contributed by atoms with Crippen LogP contribution in [0.2, 0.25) is 5.02 Å². The van der Waals surface area contributed by atoms with Gasteiger partial charge in [0.1, 0.15) is 16.4 Å². The monoisotopic (exact) mass is 492 g/mol. The number of rotatable bonds is 8. The zero-order valence-electron chi connectivity index (χ0n) is 19.3. The number of sulfonamides is 1. The number of benzene rings is 2. The highest BCUT2D eigenvalue weighted by Crippen LogP contribution is 2.33. The molecule has 33 heavy (non-hydrogen) atoms. The van der Waals surface area contributed by atoms with E-state index >= 15 is 0 Å². The number of nitrogens with zero attached hydrogens (tertiary/aromatic N) is 1. The Morgan fingerprint density at radius 2 is 1.73 bits per heavy atom. The second-order valence-electron chi connectivity index (χ2n) is 9.05. The number of hydrogen-bond acceptors (Lipinski definition) is 5. The maximum absolute atomic E-state index is 13.3. The van der Waals surface area contributed by atoms with Crippen molar-refractivity contribution in [2.24, 2.45) is 5.92 Å². The number of halogens is 1. The van der Waals surface area contributed by atoms with Crippen molar-refractivity contribution in [2.75, 3.05) is 27.3 Å². The van der Waals surface area contributed by atoms with Crippen molar-refractivity contribution in [2.45, 2.75) is 55.5 Å². The molecule has 1 N–H and O–H groups in total. The lowest BCUT2D eigenvalue weighted by molar-refractivity contribution is 0.122. The Labute approximate surface area is 202 Å². The Kier molecular flexibility index (Phi) is 7.84. The third kappa shape index (κ3) is 5.83. The molecule has 0 amide bonds. The van der Waals surface area contributed by atoms with E-state index in [2.05, 4.69) is 21.8 Å². The van der Waals surface area contributed by atoms with Gasteiger partial charge in [-0.1, -0.05) is 30.2 Å². The minimum atomic E-state index is -3.74. The topological polar surface area (TPSA) is 67.9 Å². The van der Waals surface area contributed by atoms with Crippen LogP contribution in [0, 0.1) is 5.92 Å². The molecule has 2 aromatic carbocycles. The number of methoxy groups -OCH3 is 2. The fourth-order valence-corrected chi connectivity index (χ4v) is 6.83. The summed E-state index contributed by atoms with van der Waals surface area (Å²) in [6.45, 7) is 2.01. The summed E-state index contributed by atoms with van der Waals surface area (Å²) in [7, 11) is -0.736. The molecule has 4 rings (SSSR count). The van der Waals surface area contributed by atoms with E-state index in [9.17, 15) is 8.42 Å². The van der Waals surface area contributed by atoms with Crippen LogP contribution in [-0.2, 0) is 16.4 Å². The van der Waals surface area contributed by atoms with E-state index in [1.54, 1.807) is 12.1 Å². The molecular weight excluding hydrogens is 460 g/mol. The fraction of sp³-hybridized carbons (Fsp3) is 0.520. The number of ether oxygens (including phenoxy) is 2. The average Bonchev–Trinajstić information content (AvgIpc) is 3.28.